The van der Waals surface area contributed by atoms with E-state index in [-0.39, 0.29) is 11.7 Å². The number of methoxy groups -OCH3 is 1. The molecule has 1 heterocycles. The maximum atomic E-state index is 11.5. The average molecular weight is 253 g/mol. The quantitative estimate of drug-likeness (QED) is 0.819. The summed E-state index contributed by atoms with van der Waals surface area (Å²) < 4.78 is 6.58. The van der Waals surface area contributed by atoms with Crippen molar-refractivity contribution in [2.45, 2.75) is 46.6 Å². The summed E-state index contributed by atoms with van der Waals surface area (Å²) >= 11 is 0. The first kappa shape index (κ1) is 14.5. The molecule has 0 saturated carbocycles. The molecule has 5 nitrogen and oxygen atoms in total. The molecule has 2 N–H and O–H groups in total. The molecule has 1 atom stereocenters. The molecule has 0 bridgehead atoms. The van der Waals surface area contributed by atoms with Crippen molar-refractivity contribution in [3.05, 3.63) is 11.5 Å². The number of carbonyl (C=O) groups excluding carboxylic acids is 1. The second-order valence-electron chi connectivity index (χ2n) is 5.07. The highest BCUT2D eigenvalue weighted by molar-refractivity contribution is 5.92. The van der Waals surface area contributed by atoms with Gasteiger partial charge in [0.2, 0.25) is 0 Å². The molecule has 5 heteroatoms. The van der Waals surface area contributed by atoms with E-state index in [0.29, 0.717) is 11.7 Å². The van der Waals surface area contributed by atoms with Crippen molar-refractivity contribution >= 4 is 11.8 Å². The Morgan fingerprint density at radius 3 is 2.50 bits per heavy atom. The first-order valence-corrected chi connectivity index (χ1v) is 6.31. The molecule has 0 aromatic carbocycles. The number of hydrogen-bond donors (Lipinski definition) is 1. The van der Waals surface area contributed by atoms with E-state index in [1.807, 2.05) is 11.5 Å². The number of carbonyl (C=O) groups is 1. The summed E-state index contributed by atoms with van der Waals surface area (Å²) in [5.41, 5.74) is 6.20. The van der Waals surface area contributed by atoms with Gasteiger partial charge in [0.1, 0.15) is 11.6 Å². The third kappa shape index (κ3) is 3.03. The number of nitrogens with zero attached hydrogens (tertiary/aromatic N) is 2. The second-order valence-corrected chi connectivity index (χ2v) is 5.07. The SMILES string of the molecule is COC(=O)c1nc(C)n(C(C)CCC(C)C)c1N. The average Bonchev–Trinajstić information content (AvgIpc) is 2.61. The second kappa shape index (κ2) is 5.89. The molecule has 0 fully saturated rings. The van der Waals surface area contributed by atoms with Crippen LogP contribution >= 0.6 is 0 Å². The largest absolute Gasteiger partial charge is 0.464 e. The molecule has 0 radical (unpaired) electrons. The Kier molecular flexibility index (Phi) is 4.76. The molecule has 0 aliphatic heterocycles. The lowest BCUT2D eigenvalue weighted by Gasteiger charge is -2.17. The van der Waals surface area contributed by atoms with Gasteiger partial charge >= 0.3 is 5.97 Å². The summed E-state index contributed by atoms with van der Waals surface area (Å²) in [6.07, 6.45) is 2.13. The van der Waals surface area contributed by atoms with Crippen LogP contribution in [0.3, 0.4) is 0 Å². The number of nitrogen functional groups attached to an aromatic ring is 1. The monoisotopic (exact) mass is 253 g/mol. The minimum atomic E-state index is -0.481. The van der Waals surface area contributed by atoms with Crippen molar-refractivity contribution in [1.29, 1.82) is 0 Å². The topological polar surface area (TPSA) is 70.1 Å². The van der Waals surface area contributed by atoms with Crippen LogP contribution in [0.1, 0.15) is 56.0 Å². The van der Waals surface area contributed by atoms with Gasteiger partial charge in [0.15, 0.2) is 5.69 Å². The van der Waals surface area contributed by atoms with Gasteiger partial charge in [-0.1, -0.05) is 13.8 Å². The summed E-state index contributed by atoms with van der Waals surface area (Å²) in [5, 5.41) is 0. The van der Waals surface area contributed by atoms with Crippen LogP contribution in [-0.2, 0) is 4.74 Å². The first-order valence-electron chi connectivity index (χ1n) is 6.31. The van der Waals surface area contributed by atoms with E-state index >= 15 is 0 Å². The summed E-state index contributed by atoms with van der Waals surface area (Å²) in [7, 11) is 1.33. The van der Waals surface area contributed by atoms with Gasteiger partial charge in [-0.05, 0) is 32.6 Å². The van der Waals surface area contributed by atoms with Gasteiger partial charge in [-0.3, -0.25) is 0 Å². The molecule has 0 aliphatic rings. The summed E-state index contributed by atoms with van der Waals surface area (Å²) in [5.74, 6) is 1.32. The summed E-state index contributed by atoms with van der Waals surface area (Å²) in [6.45, 7) is 8.33. The predicted molar refractivity (Wildman–Crippen MR) is 71.5 cm³/mol. The van der Waals surface area contributed by atoms with Crippen LogP contribution < -0.4 is 5.73 Å². The van der Waals surface area contributed by atoms with Crippen LogP contribution in [0.5, 0.6) is 0 Å². The van der Waals surface area contributed by atoms with E-state index in [1.54, 1.807) is 0 Å². The molecule has 0 saturated heterocycles. The van der Waals surface area contributed by atoms with Gasteiger partial charge in [-0.15, -0.1) is 0 Å². The highest BCUT2D eigenvalue weighted by Gasteiger charge is 2.21. The molecule has 1 aromatic heterocycles. The van der Waals surface area contributed by atoms with Crippen LogP contribution in [0.15, 0.2) is 0 Å². The van der Waals surface area contributed by atoms with Crippen molar-refractivity contribution in [3.8, 4) is 0 Å². The highest BCUT2D eigenvalue weighted by Crippen LogP contribution is 2.25. The maximum Gasteiger partial charge on any atom is 0.360 e. The third-order valence-corrected chi connectivity index (χ3v) is 3.11. The number of nitrogens with two attached hydrogens (primary N) is 1. The summed E-state index contributed by atoms with van der Waals surface area (Å²) in [4.78, 5) is 15.7. The number of aryl methyl sites for hydroxylation is 1. The minimum Gasteiger partial charge on any atom is -0.464 e. The van der Waals surface area contributed by atoms with Gasteiger partial charge in [0.25, 0.3) is 0 Å². The van der Waals surface area contributed by atoms with Crippen molar-refractivity contribution in [1.82, 2.24) is 9.55 Å². The van der Waals surface area contributed by atoms with Crippen LogP contribution in [0.25, 0.3) is 0 Å². The number of anilines is 1. The molecule has 0 spiro atoms. The van der Waals surface area contributed by atoms with Crippen molar-refractivity contribution in [2.24, 2.45) is 5.92 Å². The molecule has 1 aromatic rings. The Morgan fingerprint density at radius 2 is 2.00 bits per heavy atom. The molecular formula is C13H23N3O2. The number of ether oxygens (including phenoxy) is 1. The van der Waals surface area contributed by atoms with Gasteiger partial charge < -0.3 is 15.0 Å². The van der Waals surface area contributed by atoms with Crippen LogP contribution in [0.2, 0.25) is 0 Å². The van der Waals surface area contributed by atoms with E-state index in [4.69, 9.17) is 5.73 Å². The van der Waals surface area contributed by atoms with Gasteiger partial charge in [-0.2, -0.15) is 0 Å². The van der Waals surface area contributed by atoms with Crippen molar-refractivity contribution < 1.29 is 9.53 Å². The van der Waals surface area contributed by atoms with Gasteiger partial charge in [-0.25, -0.2) is 9.78 Å². The van der Waals surface area contributed by atoms with Crippen LogP contribution in [0.4, 0.5) is 5.82 Å². The lowest BCUT2D eigenvalue weighted by Crippen LogP contribution is -2.13. The molecule has 1 unspecified atom stereocenters. The van der Waals surface area contributed by atoms with Crippen molar-refractivity contribution in [2.75, 3.05) is 12.8 Å². The Morgan fingerprint density at radius 1 is 1.39 bits per heavy atom. The Hall–Kier alpha value is -1.52. The standard InChI is InChI=1S/C13H23N3O2/c1-8(2)6-7-9(3)16-10(4)15-11(12(16)14)13(17)18-5/h8-9H,6-7,14H2,1-5H3. The normalized spacial score (nSPS) is 12.8. The third-order valence-electron chi connectivity index (χ3n) is 3.11. The maximum absolute atomic E-state index is 11.5. The van der Waals surface area contributed by atoms with Crippen molar-refractivity contribution in [3.63, 3.8) is 0 Å². The molecule has 18 heavy (non-hydrogen) atoms. The van der Waals surface area contributed by atoms with Crippen LogP contribution in [-0.4, -0.2) is 22.6 Å². The fourth-order valence-corrected chi connectivity index (χ4v) is 2.07. The van der Waals surface area contributed by atoms with E-state index < -0.39 is 5.97 Å². The number of hydrogen-bond acceptors (Lipinski definition) is 4. The Labute approximate surface area is 108 Å². The zero-order valence-corrected chi connectivity index (χ0v) is 11.9. The number of aromatic nitrogens is 2. The highest BCUT2D eigenvalue weighted by atomic mass is 16.5. The van der Waals surface area contributed by atoms with Gasteiger partial charge in [0.05, 0.1) is 7.11 Å². The van der Waals surface area contributed by atoms with Crippen LogP contribution in [0, 0.1) is 12.8 Å². The zero-order valence-electron chi connectivity index (χ0n) is 11.9. The summed E-state index contributed by atoms with van der Waals surface area (Å²) in [6, 6.07) is 0.235. The Balaban J connectivity index is 2.95. The zero-order chi connectivity index (χ0) is 13.9. The van der Waals surface area contributed by atoms with E-state index in [9.17, 15) is 4.79 Å². The lowest BCUT2D eigenvalue weighted by atomic mass is 10.0. The number of imidazole rings is 1. The minimum absolute atomic E-state index is 0.214. The fraction of sp³-hybridized carbons (Fsp3) is 0.692. The van der Waals surface area contributed by atoms with Gasteiger partial charge in [0, 0.05) is 6.04 Å². The molecular weight excluding hydrogens is 230 g/mol. The fourth-order valence-electron chi connectivity index (χ4n) is 2.07. The van der Waals surface area contributed by atoms with E-state index in [1.165, 1.54) is 7.11 Å². The molecule has 1 rings (SSSR count). The number of esters is 1. The number of rotatable bonds is 5. The molecule has 102 valence electrons. The smallest absolute Gasteiger partial charge is 0.360 e. The van der Waals surface area contributed by atoms with E-state index in [2.05, 4.69) is 30.5 Å². The predicted octanol–water partition coefficient (Wildman–Crippen LogP) is 2.56. The first-order chi connectivity index (χ1) is 8.38. The molecule has 0 amide bonds. The lowest BCUT2D eigenvalue weighted by molar-refractivity contribution is 0.0595. The van der Waals surface area contributed by atoms with E-state index in [0.717, 1.165) is 18.7 Å². The molecule has 0 aliphatic carbocycles. The Bertz CT molecular complexity index is 424.